The summed E-state index contributed by atoms with van der Waals surface area (Å²) in [7, 11) is 0. The van der Waals surface area contributed by atoms with E-state index in [0.717, 1.165) is 32.3 Å². The average Bonchev–Trinajstić information content (AvgIpc) is 2.34. The molecule has 1 saturated heterocycles. The number of carbonyl (C=O) groups excluding carboxylic acids is 1. The highest BCUT2D eigenvalue weighted by Crippen LogP contribution is 2.31. The minimum absolute atomic E-state index is 0.0464. The van der Waals surface area contributed by atoms with Gasteiger partial charge in [-0.25, -0.2) is 0 Å². The van der Waals surface area contributed by atoms with Gasteiger partial charge in [-0.05, 0) is 36.8 Å². The summed E-state index contributed by atoms with van der Waals surface area (Å²) in [6.45, 7) is 3.66. The van der Waals surface area contributed by atoms with Crippen molar-refractivity contribution in [3.63, 3.8) is 0 Å². The highest BCUT2D eigenvalue weighted by molar-refractivity contribution is 5.63. The molecule has 1 fully saturated rings. The first-order valence-electron chi connectivity index (χ1n) is 5.91. The van der Waals surface area contributed by atoms with Gasteiger partial charge in [-0.2, -0.15) is 0 Å². The molecule has 86 valence electrons. The van der Waals surface area contributed by atoms with Crippen molar-refractivity contribution in [1.29, 1.82) is 0 Å². The van der Waals surface area contributed by atoms with E-state index in [1.807, 2.05) is 12.1 Å². The van der Waals surface area contributed by atoms with Gasteiger partial charge in [0.15, 0.2) is 0 Å². The number of rotatable bonds is 3. The average molecular weight is 218 g/mol. The first-order chi connectivity index (χ1) is 7.83. The van der Waals surface area contributed by atoms with E-state index in [9.17, 15) is 4.79 Å². The zero-order valence-corrected chi connectivity index (χ0v) is 9.69. The molecule has 2 nitrogen and oxygen atoms in total. The zero-order chi connectivity index (χ0) is 11.4. The van der Waals surface area contributed by atoms with Crippen LogP contribution in [-0.2, 0) is 9.53 Å². The van der Waals surface area contributed by atoms with Crippen molar-refractivity contribution in [3.8, 4) is 0 Å². The third-order valence-electron chi connectivity index (χ3n) is 3.47. The number of carbonyl (C=O) groups is 1. The third-order valence-corrected chi connectivity index (χ3v) is 3.47. The maximum Gasteiger partial charge on any atom is 0.127 e. The van der Waals surface area contributed by atoms with Crippen molar-refractivity contribution >= 4 is 6.29 Å². The molecule has 2 rings (SSSR count). The summed E-state index contributed by atoms with van der Waals surface area (Å²) in [5.74, 6) is 0.498. The lowest BCUT2D eigenvalue weighted by atomic mass is 9.81. The van der Waals surface area contributed by atoms with Crippen molar-refractivity contribution < 1.29 is 9.53 Å². The minimum atomic E-state index is 0.0464. The second-order valence-corrected chi connectivity index (χ2v) is 4.47. The largest absolute Gasteiger partial charge is 0.381 e. The number of hydrogen-bond donors (Lipinski definition) is 0. The van der Waals surface area contributed by atoms with E-state index in [0.29, 0.717) is 5.92 Å². The van der Waals surface area contributed by atoms with E-state index in [4.69, 9.17) is 4.74 Å². The molecule has 1 aliphatic rings. The number of hydrogen-bond acceptors (Lipinski definition) is 2. The van der Waals surface area contributed by atoms with E-state index in [1.54, 1.807) is 0 Å². The molecule has 0 bridgehead atoms. The Morgan fingerprint density at radius 3 is 2.62 bits per heavy atom. The first-order valence-corrected chi connectivity index (χ1v) is 5.91. The lowest BCUT2D eigenvalue weighted by molar-refractivity contribution is -0.110. The van der Waals surface area contributed by atoms with Gasteiger partial charge in [-0.15, -0.1) is 0 Å². The maximum atomic E-state index is 11.3. The van der Waals surface area contributed by atoms with Crippen LogP contribution in [0.3, 0.4) is 0 Å². The summed E-state index contributed by atoms with van der Waals surface area (Å²) < 4.78 is 5.34. The van der Waals surface area contributed by atoms with Gasteiger partial charge in [0.05, 0.1) is 0 Å². The number of ether oxygens (including phenoxy) is 1. The van der Waals surface area contributed by atoms with Crippen LogP contribution in [0.5, 0.6) is 0 Å². The molecule has 16 heavy (non-hydrogen) atoms. The Morgan fingerprint density at radius 2 is 2.00 bits per heavy atom. The number of aldehydes is 1. The molecule has 1 heterocycles. The van der Waals surface area contributed by atoms with Crippen molar-refractivity contribution in [2.24, 2.45) is 5.92 Å². The Labute approximate surface area is 96.6 Å². The van der Waals surface area contributed by atoms with Gasteiger partial charge in [0.25, 0.3) is 0 Å². The van der Waals surface area contributed by atoms with Gasteiger partial charge in [0, 0.05) is 19.1 Å². The molecule has 1 unspecified atom stereocenters. The highest BCUT2D eigenvalue weighted by Gasteiger charge is 2.25. The molecule has 2 heteroatoms. The van der Waals surface area contributed by atoms with E-state index < -0.39 is 0 Å². The smallest absolute Gasteiger partial charge is 0.127 e. The minimum Gasteiger partial charge on any atom is -0.381 e. The lowest BCUT2D eigenvalue weighted by Gasteiger charge is -2.27. The van der Waals surface area contributed by atoms with E-state index in [-0.39, 0.29) is 5.92 Å². The Morgan fingerprint density at radius 1 is 1.31 bits per heavy atom. The Hall–Kier alpha value is -1.15. The normalized spacial score (nSPS) is 19.3. The van der Waals surface area contributed by atoms with E-state index in [2.05, 4.69) is 19.1 Å². The topological polar surface area (TPSA) is 26.3 Å². The molecular formula is C14H18O2. The fourth-order valence-corrected chi connectivity index (χ4v) is 2.47. The van der Waals surface area contributed by atoms with Crippen LogP contribution in [0.25, 0.3) is 0 Å². The van der Waals surface area contributed by atoms with Crippen molar-refractivity contribution in [2.75, 3.05) is 13.2 Å². The summed E-state index contributed by atoms with van der Waals surface area (Å²) in [6, 6.07) is 8.18. The van der Waals surface area contributed by atoms with Crippen LogP contribution >= 0.6 is 0 Å². The number of aryl methyl sites for hydroxylation is 1. The third kappa shape index (κ3) is 2.33. The molecule has 0 radical (unpaired) electrons. The van der Waals surface area contributed by atoms with Crippen molar-refractivity contribution in [2.45, 2.75) is 25.7 Å². The van der Waals surface area contributed by atoms with Crippen LogP contribution in [0, 0.1) is 12.8 Å². The van der Waals surface area contributed by atoms with E-state index in [1.165, 1.54) is 11.1 Å². The molecule has 0 amide bonds. The van der Waals surface area contributed by atoms with Gasteiger partial charge in [-0.3, -0.25) is 0 Å². The SMILES string of the molecule is Cc1ccccc1C(C=O)C1CCOCC1. The summed E-state index contributed by atoms with van der Waals surface area (Å²) in [4.78, 5) is 11.3. The first kappa shape index (κ1) is 11.3. The molecule has 1 aromatic rings. The molecule has 1 aliphatic heterocycles. The van der Waals surface area contributed by atoms with Crippen LogP contribution in [0.2, 0.25) is 0 Å². The van der Waals surface area contributed by atoms with Gasteiger partial charge < -0.3 is 9.53 Å². The standard InChI is InChI=1S/C14H18O2/c1-11-4-2-3-5-13(11)14(10-15)12-6-8-16-9-7-12/h2-5,10,12,14H,6-9H2,1H3. The van der Waals surface area contributed by atoms with E-state index >= 15 is 0 Å². The van der Waals surface area contributed by atoms with Gasteiger partial charge >= 0.3 is 0 Å². The lowest BCUT2D eigenvalue weighted by Crippen LogP contribution is -2.23. The highest BCUT2D eigenvalue weighted by atomic mass is 16.5. The fourth-order valence-electron chi connectivity index (χ4n) is 2.47. The van der Waals surface area contributed by atoms with Gasteiger partial charge in [0.1, 0.15) is 6.29 Å². The summed E-state index contributed by atoms with van der Waals surface area (Å²) in [5.41, 5.74) is 2.40. The van der Waals surface area contributed by atoms with Crippen LogP contribution in [0.4, 0.5) is 0 Å². The van der Waals surface area contributed by atoms with Gasteiger partial charge in [-0.1, -0.05) is 24.3 Å². The molecule has 0 aliphatic carbocycles. The zero-order valence-electron chi connectivity index (χ0n) is 9.69. The van der Waals surface area contributed by atoms with Crippen LogP contribution in [-0.4, -0.2) is 19.5 Å². The number of benzene rings is 1. The Bertz CT molecular complexity index is 354. The Balaban J connectivity index is 2.21. The van der Waals surface area contributed by atoms with Crippen molar-refractivity contribution in [1.82, 2.24) is 0 Å². The fraction of sp³-hybridized carbons (Fsp3) is 0.500. The summed E-state index contributed by atoms with van der Waals surface area (Å²) in [5, 5.41) is 0. The molecule has 0 N–H and O–H groups in total. The maximum absolute atomic E-state index is 11.3. The van der Waals surface area contributed by atoms with Crippen LogP contribution in [0.15, 0.2) is 24.3 Å². The Kier molecular flexibility index (Phi) is 3.73. The monoisotopic (exact) mass is 218 g/mol. The van der Waals surface area contributed by atoms with Gasteiger partial charge in [0.2, 0.25) is 0 Å². The molecular weight excluding hydrogens is 200 g/mol. The molecule has 1 atom stereocenters. The molecule has 0 aromatic heterocycles. The van der Waals surface area contributed by atoms with Crippen LogP contribution in [0.1, 0.15) is 29.9 Å². The summed E-state index contributed by atoms with van der Waals surface area (Å²) in [6.07, 6.45) is 3.10. The molecule has 0 saturated carbocycles. The summed E-state index contributed by atoms with van der Waals surface area (Å²) >= 11 is 0. The second kappa shape index (κ2) is 5.26. The predicted molar refractivity (Wildman–Crippen MR) is 63.5 cm³/mol. The van der Waals surface area contributed by atoms with Crippen molar-refractivity contribution in [3.05, 3.63) is 35.4 Å². The van der Waals surface area contributed by atoms with Crippen LogP contribution < -0.4 is 0 Å². The predicted octanol–water partition coefficient (Wildman–Crippen LogP) is 2.70. The molecule has 0 spiro atoms. The second-order valence-electron chi connectivity index (χ2n) is 4.47. The molecule has 1 aromatic carbocycles. The quantitative estimate of drug-likeness (QED) is 0.729.